The van der Waals surface area contributed by atoms with Crippen LogP contribution in [0.2, 0.25) is 0 Å². The van der Waals surface area contributed by atoms with Gasteiger partial charge in [0.25, 0.3) is 11.5 Å². The molecule has 0 fully saturated rings. The molecule has 0 saturated carbocycles. The number of benzene rings is 3. The van der Waals surface area contributed by atoms with Crippen LogP contribution in [-0.4, -0.2) is 44.2 Å². The van der Waals surface area contributed by atoms with E-state index in [1.807, 2.05) is 18.3 Å². The van der Waals surface area contributed by atoms with Gasteiger partial charge in [-0.25, -0.2) is 8.78 Å². The zero-order valence-electron chi connectivity index (χ0n) is 24.1. The van der Waals surface area contributed by atoms with Crippen LogP contribution < -0.4 is 15.8 Å². The fourth-order valence-corrected chi connectivity index (χ4v) is 4.42. The Hall–Kier alpha value is -4.74. The molecule has 0 unspecified atom stereocenters. The molecule has 0 aliphatic heterocycles. The molecule has 1 amide bonds. The Balaban J connectivity index is 0.000000271. The van der Waals surface area contributed by atoms with E-state index in [9.17, 15) is 36.3 Å². The summed E-state index contributed by atoms with van der Waals surface area (Å²) < 4.78 is 73.9. The normalized spacial score (nSPS) is 11.0. The average Bonchev–Trinajstić information content (AvgIpc) is 2.93. The Morgan fingerprint density at radius 1 is 0.977 bits per heavy atom. The minimum atomic E-state index is -4.63. The smallest absolute Gasteiger partial charge is 0.417 e. The maximum atomic E-state index is 14.0. The maximum Gasteiger partial charge on any atom is 0.417 e. The molecule has 0 aliphatic carbocycles. The van der Waals surface area contributed by atoms with Gasteiger partial charge in [0.1, 0.15) is 23.7 Å². The molecule has 0 atom stereocenters. The minimum absolute atomic E-state index is 0.0402. The van der Waals surface area contributed by atoms with E-state index in [1.54, 1.807) is 49.3 Å². The number of hydrogen-bond acceptors (Lipinski definition) is 5. The van der Waals surface area contributed by atoms with Crippen molar-refractivity contribution >= 4 is 28.5 Å². The first-order valence-corrected chi connectivity index (χ1v) is 12.9. The van der Waals surface area contributed by atoms with Gasteiger partial charge in [0.15, 0.2) is 0 Å². The second-order valence-corrected chi connectivity index (χ2v) is 9.83. The number of rotatable bonds is 6. The van der Waals surface area contributed by atoms with Crippen molar-refractivity contribution in [2.24, 2.45) is 7.05 Å². The van der Waals surface area contributed by atoms with Crippen LogP contribution in [0.3, 0.4) is 0 Å². The number of esters is 1. The van der Waals surface area contributed by atoms with Crippen molar-refractivity contribution in [3.05, 3.63) is 110 Å². The lowest BCUT2D eigenvalue weighted by Crippen LogP contribution is -2.31. The number of anilines is 1. The second-order valence-electron chi connectivity index (χ2n) is 9.83. The van der Waals surface area contributed by atoms with Crippen molar-refractivity contribution < 1.29 is 36.3 Å². The Morgan fingerprint density at radius 3 is 2.16 bits per heavy atom. The zero-order valence-corrected chi connectivity index (χ0v) is 24.1. The summed E-state index contributed by atoms with van der Waals surface area (Å²) in [7, 11) is 6.19. The standard InChI is InChI=1S/C21H21F3N2O.C10H9F2NO3/c1-13-6-5-7-14(10-13)11-17-19(21(22,23)24)16-12-15(25(2)3)8-9-18(16)26(4)20(17)27;1-16-8(14)5-13-10(15)9-6(11)3-2-4-7(9)12/h5-10,12H,11H2,1-4H3;2-4H,5H2,1H3,(H,13,15). The molecule has 1 heterocycles. The largest absolute Gasteiger partial charge is 0.468 e. The van der Waals surface area contributed by atoms with Gasteiger partial charge in [0.05, 0.1) is 18.2 Å². The Kier molecular flexibility index (Phi) is 10.3. The fraction of sp³-hybridized carbons (Fsp3) is 0.258. The lowest BCUT2D eigenvalue weighted by Gasteiger charge is -2.20. The number of methoxy groups -OCH3 is 1. The van der Waals surface area contributed by atoms with Crippen LogP contribution in [0.5, 0.6) is 0 Å². The Bertz CT molecular complexity index is 1690. The van der Waals surface area contributed by atoms with Crippen LogP contribution in [0.1, 0.15) is 32.6 Å². The van der Waals surface area contributed by atoms with Crippen molar-refractivity contribution in [1.29, 1.82) is 0 Å². The molecule has 0 saturated heterocycles. The van der Waals surface area contributed by atoms with Crippen molar-refractivity contribution in [2.75, 3.05) is 32.6 Å². The van der Waals surface area contributed by atoms with E-state index < -0.39 is 52.9 Å². The number of nitrogens with zero attached hydrogens (tertiary/aromatic N) is 2. The molecule has 0 aliphatic rings. The van der Waals surface area contributed by atoms with E-state index >= 15 is 0 Å². The molecule has 12 heteroatoms. The highest BCUT2D eigenvalue weighted by molar-refractivity contribution is 5.96. The Labute approximate surface area is 244 Å². The summed E-state index contributed by atoms with van der Waals surface area (Å²) in [5.74, 6) is -3.67. The molecule has 0 bridgehead atoms. The number of fused-ring (bicyclic) bond motifs is 1. The Morgan fingerprint density at radius 2 is 1.60 bits per heavy atom. The SMILES string of the molecule is COC(=O)CNC(=O)c1c(F)cccc1F.Cc1cccc(Cc2c(C(F)(F)F)c3cc(N(C)C)ccc3n(C)c2=O)c1. The second kappa shape index (κ2) is 13.5. The predicted octanol–water partition coefficient (Wildman–Crippen LogP) is 5.39. The van der Waals surface area contributed by atoms with E-state index in [-0.39, 0.29) is 22.9 Å². The number of amides is 1. The molecule has 228 valence electrons. The molecule has 1 N–H and O–H groups in total. The number of nitrogens with one attached hydrogen (secondary N) is 1. The first kappa shape index (κ1) is 32.8. The highest BCUT2D eigenvalue weighted by Crippen LogP contribution is 2.38. The summed E-state index contributed by atoms with van der Waals surface area (Å²) in [5, 5.41) is 2.08. The number of alkyl halides is 3. The van der Waals surface area contributed by atoms with Crippen LogP contribution in [0.4, 0.5) is 27.6 Å². The number of ether oxygens (including phenoxy) is 1. The summed E-state index contributed by atoms with van der Waals surface area (Å²) in [6, 6.07) is 15.0. The monoisotopic (exact) mass is 603 g/mol. The molecular weight excluding hydrogens is 573 g/mol. The molecular formula is C31H30F5N3O4. The number of carbonyl (C=O) groups is 2. The van der Waals surface area contributed by atoms with Gasteiger partial charge in [-0.2, -0.15) is 13.2 Å². The quantitative estimate of drug-likeness (QED) is 0.236. The van der Waals surface area contributed by atoms with Crippen LogP contribution in [0.25, 0.3) is 10.9 Å². The zero-order chi connectivity index (χ0) is 32.1. The van der Waals surface area contributed by atoms with Gasteiger partial charge < -0.3 is 19.5 Å². The number of halogens is 5. The minimum Gasteiger partial charge on any atom is -0.468 e. The van der Waals surface area contributed by atoms with E-state index in [2.05, 4.69) is 4.74 Å². The van der Waals surface area contributed by atoms with Crippen molar-refractivity contribution in [3.8, 4) is 0 Å². The summed E-state index contributed by atoms with van der Waals surface area (Å²) in [6.07, 6.45) is -4.69. The molecule has 0 spiro atoms. The van der Waals surface area contributed by atoms with Gasteiger partial charge in [-0.1, -0.05) is 35.9 Å². The van der Waals surface area contributed by atoms with Gasteiger partial charge in [-0.05, 0) is 42.8 Å². The van der Waals surface area contributed by atoms with Crippen LogP contribution in [0.15, 0.2) is 65.5 Å². The molecule has 4 aromatic rings. The third kappa shape index (κ3) is 7.76. The first-order chi connectivity index (χ1) is 20.1. The summed E-state index contributed by atoms with van der Waals surface area (Å²) >= 11 is 0. The molecule has 7 nitrogen and oxygen atoms in total. The lowest BCUT2D eigenvalue weighted by atomic mass is 9.96. The molecule has 0 radical (unpaired) electrons. The van der Waals surface area contributed by atoms with Crippen molar-refractivity contribution in [1.82, 2.24) is 9.88 Å². The molecule has 4 rings (SSSR count). The van der Waals surface area contributed by atoms with Crippen molar-refractivity contribution in [2.45, 2.75) is 19.5 Å². The lowest BCUT2D eigenvalue weighted by molar-refractivity contribution is -0.139. The fourth-order valence-electron chi connectivity index (χ4n) is 4.42. The molecule has 1 aromatic heterocycles. The van der Waals surface area contributed by atoms with Crippen LogP contribution in [0, 0.1) is 18.6 Å². The number of carbonyl (C=O) groups excluding carboxylic acids is 2. The highest BCUT2D eigenvalue weighted by atomic mass is 19.4. The summed E-state index contributed by atoms with van der Waals surface area (Å²) in [4.78, 5) is 36.6. The number of pyridine rings is 1. The van der Waals surface area contributed by atoms with Gasteiger partial charge >= 0.3 is 12.1 Å². The summed E-state index contributed by atoms with van der Waals surface area (Å²) in [6.45, 7) is 1.43. The number of hydrogen-bond donors (Lipinski definition) is 1. The van der Waals surface area contributed by atoms with Crippen LogP contribution >= 0.6 is 0 Å². The predicted molar refractivity (Wildman–Crippen MR) is 153 cm³/mol. The number of aryl methyl sites for hydroxylation is 2. The van der Waals surface area contributed by atoms with E-state index in [1.165, 1.54) is 17.7 Å². The van der Waals surface area contributed by atoms with Crippen LogP contribution in [-0.2, 0) is 29.2 Å². The van der Waals surface area contributed by atoms with Crippen molar-refractivity contribution in [3.63, 3.8) is 0 Å². The summed E-state index contributed by atoms with van der Waals surface area (Å²) in [5.41, 5.74) is 0.138. The molecule has 43 heavy (non-hydrogen) atoms. The highest BCUT2D eigenvalue weighted by Gasteiger charge is 2.37. The van der Waals surface area contributed by atoms with Gasteiger partial charge in [0, 0.05) is 44.2 Å². The van der Waals surface area contributed by atoms with Gasteiger partial charge in [-0.3, -0.25) is 14.4 Å². The van der Waals surface area contributed by atoms with E-state index in [0.29, 0.717) is 11.3 Å². The number of aromatic nitrogens is 1. The van der Waals surface area contributed by atoms with Gasteiger partial charge in [0.2, 0.25) is 0 Å². The molecule has 3 aromatic carbocycles. The third-order valence-corrected chi connectivity index (χ3v) is 6.55. The maximum absolute atomic E-state index is 14.0. The van der Waals surface area contributed by atoms with Gasteiger partial charge in [-0.15, -0.1) is 0 Å². The van der Waals surface area contributed by atoms with E-state index in [0.717, 1.165) is 30.9 Å². The van der Waals surface area contributed by atoms with E-state index in [4.69, 9.17) is 0 Å². The topological polar surface area (TPSA) is 80.6 Å². The third-order valence-electron chi connectivity index (χ3n) is 6.55. The first-order valence-electron chi connectivity index (χ1n) is 12.9. The average molecular weight is 604 g/mol.